The second-order valence-corrected chi connectivity index (χ2v) is 12.3. The number of amides is 1. The molecule has 1 aliphatic heterocycles. The van der Waals surface area contributed by atoms with Gasteiger partial charge in [0.25, 0.3) is 5.91 Å². The summed E-state index contributed by atoms with van der Waals surface area (Å²) < 4.78 is 15.4. The van der Waals surface area contributed by atoms with Crippen molar-refractivity contribution in [2.45, 2.75) is 64.8 Å². The predicted octanol–water partition coefficient (Wildman–Crippen LogP) is 4.84. The molecule has 2 aromatic rings. The van der Waals surface area contributed by atoms with Gasteiger partial charge in [-0.3, -0.25) is 14.4 Å². The molecule has 1 amide bonds. The van der Waals surface area contributed by atoms with Crippen LogP contribution in [0.2, 0.25) is 0 Å². The molecule has 3 aliphatic rings. The maximum atomic E-state index is 15.4. The van der Waals surface area contributed by atoms with E-state index in [1.807, 2.05) is 57.2 Å². The van der Waals surface area contributed by atoms with E-state index in [0.717, 1.165) is 27.3 Å². The van der Waals surface area contributed by atoms with Gasteiger partial charge in [-0.1, -0.05) is 57.2 Å². The van der Waals surface area contributed by atoms with Crippen molar-refractivity contribution in [2.24, 2.45) is 17.8 Å². The molecule has 0 radical (unpaired) electrons. The van der Waals surface area contributed by atoms with Gasteiger partial charge in [-0.05, 0) is 42.4 Å². The Hall–Kier alpha value is -3.30. The molecule has 2 N–H and O–H groups in total. The molecule has 1 fully saturated rings. The number of nitrogens with zero attached hydrogens (tertiary/aromatic N) is 2. The summed E-state index contributed by atoms with van der Waals surface area (Å²) in [4.78, 5) is 47.5. The SMILES string of the molecule is Cc1ncsc1-c1ccc(C(C)C(=N)C(=O)[C@H]2C(C(=O)C(C(C)C)N3CC4=C(CC=C4)C3=O)C[C@H](O)[C@H]2F)cc1. The van der Waals surface area contributed by atoms with Gasteiger partial charge in [-0.25, -0.2) is 9.37 Å². The predicted molar refractivity (Wildman–Crippen MR) is 152 cm³/mol. The molecule has 210 valence electrons. The van der Waals surface area contributed by atoms with E-state index in [-0.39, 0.29) is 24.0 Å². The summed E-state index contributed by atoms with van der Waals surface area (Å²) in [5, 5.41) is 19.1. The Bertz CT molecular complexity index is 1430. The van der Waals surface area contributed by atoms with Crippen LogP contribution in [0.4, 0.5) is 4.39 Å². The van der Waals surface area contributed by atoms with E-state index < -0.39 is 47.6 Å². The quantitative estimate of drug-likeness (QED) is 0.424. The average Bonchev–Trinajstić information content (AvgIpc) is 3.70. The lowest BCUT2D eigenvalue weighted by Crippen LogP contribution is -2.50. The summed E-state index contributed by atoms with van der Waals surface area (Å²) in [6, 6.07) is 6.66. The highest BCUT2D eigenvalue weighted by Crippen LogP contribution is 2.41. The van der Waals surface area contributed by atoms with Gasteiger partial charge in [0, 0.05) is 24.0 Å². The molecule has 1 aromatic heterocycles. The molecule has 0 spiro atoms. The molecule has 7 nitrogen and oxygen atoms in total. The maximum Gasteiger partial charge on any atom is 0.251 e. The summed E-state index contributed by atoms with van der Waals surface area (Å²) in [5.74, 6) is -4.88. The molecule has 0 bridgehead atoms. The van der Waals surface area contributed by atoms with Gasteiger partial charge in [0.05, 0.1) is 39.9 Å². The summed E-state index contributed by atoms with van der Waals surface area (Å²) in [6.07, 6.45) is 0.688. The molecule has 5 rings (SSSR count). The molecule has 6 atom stereocenters. The number of benzene rings is 1. The van der Waals surface area contributed by atoms with Gasteiger partial charge in [0.1, 0.15) is 6.17 Å². The van der Waals surface area contributed by atoms with Crippen LogP contribution < -0.4 is 0 Å². The third kappa shape index (κ3) is 4.79. The van der Waals surface area contributed by atoms with Crippen LogP contribution in [0.5, 0.6) is 0 Å². The number of hydrogen-bond donors (Lipinski definition) is 2. The van der Waals surface area contributed by atoms with Crippen LogP contribution in [0, 0.1) is 30.1 Å². The third-order valence-electron chi connectivity index (χ3n) is 8.57. The number of thiazole rings is 1. The fourth-order valence-corrected chi connectivity index (χ4v) is 7.13. The van der Waals surface area contributed by atoms with Crippen LogP contribution in [0.15, 0.2) is 53.1 Å². The lowest BCUT2D eigenvalue weighted by molar-refractivity contribution is -0.141. The molecule has 40 heavy (non-hydrogen) atoms. The monoisotopic (exact) mass is 563 g/mol. The average molecular weight is 564 g/mol. The third-order valence-corrected chi connectivity index (χ3v) is 9.55. The molecule has 2 aliphatic carbocycles. The molecule has 0 saturated heterocycles. The lowest BCUT2D eigenvalue weighted by atomic mass is 9.78. The Kier molecular flexibility index (Phi) is 7.72. The van der Waals surface area contributed by atoms with E-state index in [9.17, 15) is 19.5 Å². The molecule has 3 unspecified atom stereocenters. The largest absolute Gasteiger partial charge is 0.390 e. The Labute approximate surface area is 237 Å². The zero-order chi connectivity index (χ0) is 28.9. The zero-order valence-electron chi connectivity index (χ0n) is 23.1. The van der Waals surface area contributed by atoms with E-state index in [4.69, 9.17) is 5.41 Å². The second kappa shape index (κ2) is 10.9. The van der Waals surface area contributed by atoms with E-state index in [2.05, 4.69) is 4.98 Å². The smallest absolute Gasteiger partial charge is 0.251 e. The van der Waals surface area contributed by atoms with E-state index in [1.165, 1.54) is 16.2 Å². The first kappa shape index (κ1) is 28.2. The summed E-state index contributed by atoms with van der Waals surface area (Å²) in [5.41, 5.74) is 5.66. The van der Waals surface area contributed by atoms with Crippen molar-refractivity contribution in [3.8, 4) is 10.4 Å². The van der Waals surface area contributed by atoms with Crippen LogP contribution >= 0.6 is 11.3 Å². The number of aliphatic hydroxyl groups excluding tert-OH is 1. The number of Topliss-reactive ketones (excluding diaryl/α,β-unsaturated/α-hetero) is 2. The van der Waals surface area contributed by atoms with Crippen molar-refractivity contribution in [2.75, 3.05) is 6.54 Å². The standard InChI is InChI=1S/C31H34FN3O4S/c1-15(2)27(35-13-20-6-5-7-21(20)31(35)39)28(37)22-12-23(36)25(32)24(22)29(38)26(33)16(3)18-8-10-19(11-9-18)30-17(4)34-14-40-30/h5-6,8-11,14-16,22-25,27,33,36H,7,12-13H2,1-4H3/t16?,22?,23-,24-,25+,27?/m0/s1. The Morgan fingerprint density at radius 2 is 1.90 bits per heavy atom. The maximum absolute atomic E-state index is 15.4. The fraction of sp³-hybridized carbons (Fsp3) is 0.452. The number of nitrogens with one attached hydrogen (secondary N) is 1. The normalized spacial score (nSPS) is 25.6. The number of aliphatic hydroxyl groups is 1. The van der Waals surface area contributed by atoms with Crippen molar-refractivity contribution in [3.05, 3.63) is 64.3 Å². The van der Waals surface area contributed by atoms with Crippen LogP contribution in [-0.4, -0.2) is 63.0 Å². The highest BCUT2D eigenvalue weighted by Gasteiger charge is 2.54. The molecule has 1 aromatic carbocycles. The number of carbonyl (C=O) groups excluding carboxylic acids is 3. The van der Waals surface area contributed by atoms with Crippen LogP contribution in [0.1, 0.15) is 50.8 Å². The van der Waals surface area contributed by atoms with E-state index in [0.29, 0.717) is 18.5 Å². The molecular formula is C31H34FN3O4S. The number of rotatable bonds is 9. The summed E-state index contributed by atoms with van der Waals surface area (Å²) in [6.45, 7) is 7.60. The Balaban J connectivity index is 1.36. The number of alkyl halides is 1. The lowest BCUT2D eigenvalue weighted by Gasteiger charge is -2.34. The minimum absolute atomic E-state index is 0.205. The minimum atomic E-state index is -1.96. The number of allylic oxidation sites excluding steroid dienone is 1. The first-order chi connectivity index (χ1) is 19.0. The van der Waals surface area contributed by atoms with Crippen LogP contribution in [0.25, 0.3) is 10.4 Å². The van der Waals surface area contributed by atoms with Gasteiger partial charge in [-0.2, -0.15) is 0 Å². The fourth-order valence-electron chi connectivity index (χ4n) is 6.32. The van der Waals surface area contributed by atoms with Gasteiger partial charge < -0.3 is 15.4 Å². The van der Waals surface area contributed by atoms with Gasteiger partial charge in [-0.15, -0.1) is 11.3 Å². The second-order valence-electron chi connectivity index (χ2n) is 11.4. The van der Waals surface area contributed by atoms with Crippen molar-refractivity contribution in [3.63, 3.8) is 0 Å². The Morgan fingerprint density at radius 1 is 1.20 bits per heavy atom. The van der Waals surface area contributed by atoms with Gasteiger partial charge >= 0.3 is 0 Å². The van der Waals surface area contributed by atoms with E-state index in [1.54, 1.807) is 12.4 Å². The number of carbonyl (C=O) groups is 3. The van der Waals surface area contributed by atoms with Gasteiger partial charge in [0.15, 0.2) is 11.6 Å². The highest BCUT2D eigenvalue weighted by molar-refractivity contribution is 7.13. The highest BCUT2D eigenvalue weighted by atomic mass is 32.1. The van der Waals surface area contributed by atoms with Gasteiger partial charge in [0.2, 0.25) is 0 Å². The molecular weight excluding hydrogens is 529 g/mol. The van der Waals surface area contributed by atoms with Crippen molar-refractivity contribution < 1.29 is 23.9 Å². The van der Waals surface area contributed by atoms with Crippen molar-refractivity contribution in [1.82, 2.24) is 9.88 Å². The topological polar surface area (TPSA) is 111 Å². The Morgan fingerprint density at radius 3 is 2.50 bits per heavy atom. The van der Waals surface area contributed by atoms with E-state index >= 15 is 4.39 Å². The van der Waals surface area contributed by atoms with Crippen LogP contribution in [-0.2, 0) is 14.4 Å². The molecule has 1 saturated carbocycles. The first-order valence-corrected chi connectivity index (χ1v) is 14.6. The minimum Gasteiger partial charge on any atom is -0.390 e. The molecule has 2 heterocycles. The number of halogens is 1. The van der Waals surface area contributed by atoms with Crippen LogP contribution in [0.3, 0.4) is 0 Å². The summed E-state index contributed by atoms with van der Waals surface area (Å²) >= 11 is 1.53. The summed E-state index contributed by atoms with van der Waals surface area (Å²) in [7, 11) is 0. The number of aromatic nitrogens is 1. The number of aryl methyl sites for hydroxylation is 1. The zero-order valence-corrected chi connectivity index (χ0v) is 23.9. The molecule has 9 heteroatoms. The van der Waals surface area contributed by atoms with Crippen molar-refractivity contribution in [1.29, 1.82) is 5.41 Å². The first-order valence-electron chi connectivity index (χ1n) is 13.7. The number of hydrogen-bond acceptors (Lipinski definition) is 7. The number of ketones is 2. The van der Waals surface area contributed by atoms with Crippen molar-refractivity contribution >= 4 is 34.5 Å².